The number of benzene rings is 2. The van der Waals surface area contributed by atoms with Crippen LogP contribution in [0.4, 0.5) is 11.4 Å². The molecular weight excluding hydrogens is 402 g/mol. The minimum Gasteiger partial charge on any atom is -0.370 e. The monoisotopic (exact) mass is 429 g/mol. The first kappa shape index (κ1) is 22.0. The second-order valence-electron chi connectivity index (χ2n) is 7.37. The van der Waals surface area contributed by atoms with Crippen LogP contribution >= 0.6 is 0 Å². The molecule has 8 heteroatoms. The van der Waals surface area contributed by atoms with E-state index in [1.807, 2.05) is 11.8 Å². The number of anilines is 2. The molecule has 30 heavy (non-hydrogen) atoms. The normalized spacial score (nSPS) is 14.0. The third-order valence-corrected chi connectivity index (χ3v) is 6.52. The van der Waals surface area contributed by atoms with Crippen LogP contribution in [0.15, 0.2) is 47.4 Å². The van der Waals surface area contributed by atoms with E-state index in [0.717, 1.165) is 25.9 Å². The van der Waals surface area contributed by atoms with E-state index in [0.29, 0.717) is 29.9 Å². The summed E-state index contributed by atoms with van der Waals surface area (Å²) in [7, 11) is -3.75. The van der Waals surface area contributed by atoms with E-state index in [2.05, 4.69) is 10.0 Å². The summed E-state index contributed by atoms with van der Waals surface area (Å²) in [6, 6.07) is 11.4. The lowest BCUT2D eigenvalue weighted by molar-refractivity contribution is 0.101. The number of carbonyl (C=O) groups is 2. The van der Waals surface area contributed by atoms with Crippen molar-refractivity contribution >= 4 is 33.1 Å². The van der Waals surface area contributed by atoms with Crippen LogP contribution in [0.25, 0.3) is 0 Å². The Labute approximate surface area is 177 Å². The average molecular weight is 430 g/mol. The molecule has 7 nitrogen and oxygen atoms in total. The van der Waals surface area contributed by atoms with Crippen molar-refractivity contribution in [2.75, 3.05) is 29.9 Å². The Bertz CT molecular complexity index is 1040. The highest BCUT2D eigenvalue weighted by atomic mass is 32.2. The van der Waals surface area contributed by atoms with Gasteiger partial charge >= 0.3 is 0 Å². The van der Waals surface area contributed by atoms with Gasteiger partial charge in [-0.3, -0.25) is 9.59 Å². The highest BCUT2D eigenvalue weighted by Crippen LogP contribution is 2.29. The Hall–Kier alpha value is -2.71. The van der Waals surface area contributed by atoms with E-state index in [-0.39, 0.29) is 16.2 Å². The van der Waals surface area contributed by atoms with Crippen LogP contribution in [-0.2, 0) is 10.0 Å². The zero-order chi connectivity index (χ0) is 21.7. The van der Waals surface area contributed by atoms with Crippen LogP contribution in [0, 0.1) is 0 Å². The van der Waals surface area contributed by atoms with Gasteiger partial charge in [0.25, 0.3) is 5.91 Å². The molecule has 0 saturated carbocycles. The number of rotatable bonds is 8. The fraction of sp³-hybridized carbons (Fsp3) is 0.364. The summed E-state index contributed by atoms with van der Waals surface area (Å²) < 4.78 is 28.4. The Morgan fingerprint density at radius 3 is 2.43 bits per heavy atom. The molecule has 0 aliphatic carbocycles. The highest BCUT2D eigenvalue weighted by molar-refractivity contribution is 7.89. The van der Waals surface area contributed by atoms with Gasteiger partial charge in [0.1, 0.15) is 4.90 Å². The third-order valence-electron chi connectivity index (χ3n) is 5.03. The largest absolute Gasteiger partial charge is 0.370 e. The van der Waals surface area contributed by atoms with Crippen LogP contribution in [0.2, 0.25) is 0 Å². The number of amides is 1. The maximum atomic E-state index is 12.9. The van der Waals surface area contributed by atoms with Gasteiger partial charge in [-0.15, -0.1) is 0 Å². The molecule has 1 saturated heterocycles. The van der Waals surface area contributed by atoms with Crippen LogP contribution in [0.5, 0.6) is 0 Å². The number of sulfonamides is 1. The van der Waals surface area contributed by atoms with Crippen molar-refractivity contribution in [2.24, 2.45) is 0 Å². The van der Waals surface area contributed by atoms with Gasteiger partial charge in [0.2, 0.25) is 10.0 Å². The predicted octanol–water partition coefficient (Wildman–Crippen LogP) is 3.43. The molecule has 1 aliphatic rings. The molecule has 0 atom stereocenters. The van der Waals surface area contributed by atoms with E-state index in [9.17, 15) is 18.0 Å². The molecule has 3 rings (SSSR count). The second kappa shape index (κ2) is 9.40. The van der Waals surface area contributed by atoms with Crippen molar-refractivity contribution in [1.29, 1.82) is 0 Å². The van der Waals surface area contributed by atoms with Gasteiger partial charge in [-0.05, 0) is 56.5 Å². The SMILES string of the molecule is CCCNS(=O)(=O)c1cc(C(=O)Nc2cccc(C(C)=O)c2)ccc1N1CCCC1. The topological polar surface area (TPSA) is 95.6 Å². The number of hydrogen-bond acceptors (Lipinski definition) is 5. The quantitative estimate of drug-likeness (QED) is 0.627. The van der Waals surface area contributed by atoms with Gasteiger partial charge in [0.05, 0.1) is 5.69 Å². The maximum absolute atomic E-state index is 12.9. The Morgan fingerprint density at radius 2 is 1.77 bits per heavy atom. The number of ketones is 1. The molecule has 2 aromatic rings. The molecule has 0 radical (unpaired) electrons. The summed E-state index contributed by atoms with van der Waals surface area (Å²) in [6.07, 6.45) is 2.69. The molecule has 2 N–H and O–H groups in total. The maximum Gasteiger partial charge on any atom is 0.255 e. The van der Waals surface area contributed by atoms with Gasteiger partial charge in [0.15, 0.2) is 5.78 Å². The molecule has 1 heterocycles. The van der Waals surface area contributed by atoms with Crippen LogP contribution in [0.3, 0.4) is 0 Å². The summed E-state index contributed by atoms with van der Waals surface area (Å²) in [5.41, 5.74) is 1.82. The summed E-state index contributed by atoms with van der Waals surface area (Å²) >= 11 is 0. The van der Waals surface area contributed by atoms with Gasteiger partial charge < -0.3 is 10.2 Å². The van der Waals surface area contributed by atoms with Crippen molar-refractivity contribution in [3.05, 3.63) is 53.6 Å². The first-order chi connectivity index (χ1) is 14.3. The van der Waals surface area contributed by atoms with Crippen molar-refractivity contribution < 1.29 is 18.0 Å². The number of Topliss-reactive ketones (excluding diaryl/α,β-unsaturated/α-hetero) is 1. The number of carbonyl (C=O) groups excluding carboxylic acids is 2. The fourth-order valence-electron chi connectivity index (χ4n) is 3.42. The number of nitrogens with zero attached hydrogens (tertiary/aromatic N) is 1. The highest BCUT2D eigenvalue weighted by Gasteiger charge is 2.25. The van der Waals surface area contributed by atoms with E-state index < -0.39 is 15.9 Å². The van der Waals surface area contributed by atoms with E-state index in [1.165, 1.54) is 13.0 Å². The Kier molecular flexibility index (Phi) is 6.89. The van der Waals surface area contributed by atoms with Crippen LogP contribution < -0.4 is 14.9 Å². The minimum atomic E-state index is -3.75. The van der Waals surface area contributed by atoms with Gasteiger partial charge in [-0.25, -0.2) is 13.1 Å². The standard InChI is InChI=1S/C22H27N3O4S/c1-3-11-23-30(28,29)21-15-18(9-10-20(21)25-12-4-5-13-25)22(27)24-19-8-6-7-17(14-19)16(2)26/h6-10,14-15,23H,3-5,11-13H2,1-2H3,(H,24,27). The number of nitrogens with one attached hydrogen (secondary N) is 2. The third kappa shape index (κ3) is 5.06. The lowest BCUT2D eigenvalue weighted by atomic mass is 10.1. The molecule has 1 aliphatic heterocycles. The molecule has 160 valence electrons. The smallest absolute Gasteiger partial charge is 0.255 e. The van der Waals surface area contributed by atoms with Gasteiger partial charge in [-0.2, -0.15) is 0 Å². The van der Waals surface area contributed by atoms with Crippen molar-refractivity contribution in [1.82, 2.24) is 4.72 Å². The molecule has 0 unspecified atom stereocenters. The summed E-state index contributed by atoms with van der Waals surface area (Å²) in [6.45, 7) is 5.26. The molecule has 1 amide bonds. The molecule has 2 aromatic carbocycles. The van der Waals surface area contributed by atoms with Gasteiger partial charge in [0, 0.05) is 36.4 Å². The lowest BCUT2D eigenvalue weighted by Crippen LogP contribution is -2.28. The molecular formula is C22H27N3O4S. The summed E-state index contributed by atoms with van der Waals surface area (Å²) in [4.78, 5) is 26.5. The Morgan fingerprint density at radius 1 is 1.03 bits per heavy atom. The predicted molar refractivity (Wildman–Crippen MR) is 118 cm³/mol. The van der Waals surface area contributed by atoms with Crippen molar-refractivity contribution in [3.63, 3.8) is 0 Å². The van der Waals surface area contributed by atoms with Crippen molar-refractivity contribution in [2.45, 2.75) is 38.0 Å². The molecule has 0 spiro atoms. The van der Waals surface area contributed by atoms with E-state index >= 15 is 0 Å². The first-order valence-electron chi connectivity index (χ1n) is 10.1. The van der Waals surface area contributed by atoms with Crippen molar-refractivity contribution in [3.8, 4) is 0 Å². The second-order valence-corrected chi connectivity index (χ2v) is 9.10. The fourth-order valence-corrected chi connectivity index (χ4v) is 4.81. The summed E-state index contributed by atoms with van der Waals surface area (Å²) in [5.74, 6) is -0.535. The Balaban J connectivity index is 1.93. The molecule has 0 aromatic heterocycles. The van der Waals surface area contributed by atoms with Crippen LogP contribution in [0.1, 0.15) is 53.8 Å². The zero-order valence-electron chi connectivity index (χ0n) is 17.3. The van der Waals surface area contributed by atoms with E-state index in [4.69, 9.17) is 0 Å². The summed E-state index contributed by atoms with van der Waals surface area (Å²) in [5, 5.41) is 2.74. The average Bonchev–Trinajstić information content (AvgIpc) is 3.27. The van der Waals surface area contributed by atoms with Crippen LogP contribution in [-0.4, -0.2) is 39.7 Å². The first-order valence-corrected chi connectivity index (χ1v) is 11.6. The van der Waals surface area contributed by atoms with Gasteiger partial charge in [-0.1, -0.05) is 19.1 Å². The van der Waals surface area contributed by atoms with E-state index in [1.54, 1.807) is 36.4 Å². The number of hydrogen-bond donors (Lipinski definition) is 2. The lowest BCUT2D eigenvalue weighted by Gasteiger charge is -2.22. The minimum absolute atomic E-state index is 0.101. The zero-order valence-corrected chi connectivity index (χ0v) is 18.1. The molecule has 0 bridgehead atoms. The molecule has 1 fully saturated rings.